The van der Waals surface area contributed by atoms with Crippen molar-refractivity contribution in [3.8, 4) is 11.3 Å². The van der Waals surface area contributed by atoms with E-state index in [1.165, 1.54) is 12.1 Å². The highest BCUT2D eigenvalue weighted by Gasteiger charge is 2.15. The normalized spacial score (nSPS) is 10.9. The number of nitrogens with zero attached hydrogens (tertiary/aromatic N) is 1. The average Bonchev–Trinajstić information content (AvgIpc) is 3.23. The first-order valence-corrected chi connectivity index (χ1v) is 7.40. The molecule has 4 rings (SSSR count). The SMILES string of the molecule is O=C(Nc1c[nH]c2ccccc12)c1cc(-c2ccccc2F)[nH]n1. The summed E-state index contributed by atoms with van der Waals surface area (Å²) in [6.07, 6.45) is 1.73. The van der Waals surface area contributed by atoms with Gasteiger partial charge in [-0.25, -0.2) is 4.39 Å². The molecular weight excluding hydrogens is 307 g/mol. The van der Waals surface area contributed by atoms with E-state index in [4.69, 9.17) is 0 Å². The Morgan fingerprint density at radius 2 is 1.88 bits per heavy atom. The molecule has 1 amide bonds. The van der Waals surface area contributed by atoms with Crippen LogP contribution >= 0.6 is 0 Å². The monoisotopic (exact) mass is 320 g/mol. The lowest BCUT2D eigenvalue weighted by Crippen LogP contribution is -2.11. The minimum Gasteiger partial charge on any atom is -0.359 e. The Labute approximate surface area is 136 Å². The highest BCUT2D eigenvalue weighted by atomic mass is 19.1. The van der Waals surface area contributed by atoms with Crippen LogP contribution in [-0.4, -0.2) is 21.1 Å². The van der Waals surface area contributed by atoms with Gasteiger partial charge in [-0.1, -0.05) is 30.3 Å². The molecule has 5 nitrogen and oxygen atoms in total. The molecule has 3 N–H and O–H groups in total. The number of halogens is 1. The maximum atomic E-state index is 13.8. The van der Waals surface area contributed by atoms with Crippen molar-refractivity contribution in [3.63, 3.8) is 0 Å². The zero-order valence-electron chi connectivity index (χ0n) is 12.5. The molecule has 0 unspecified atom stereocenters. The summed E-state index contributed by atoms with van der Waals surface area (Å²) in [5.74, 6) is -0.733. The fourth-order valence-corrected chi connectivity index (χ4v) is 2.62. The zero-order chi connectivity index (χ0) is 16.5. The van der Waals surface area contributed by atoms with Crippen LogP contribution in [0, 0.1) is 5.82 Å². The maximum absolute atomic E-state index is 13.8. The molecule has 0 saturated heterocycles. The number of anilines is 1. The molecule has 0 spiro atoms. The zero-order valence-corrected chi connectivity index (χ0v) is 12.5. The summed E-state index contributed by atoms with van der Waals surface area (Å²) in [5.41, 5.74) is 2.62. The van der Waals surface area contributed by atoms with E-state index < -0.39 is 0 Å². The van der Waals surface area contributed by atoms with E-state index >= 15 is 0 Å². The van der Waals surface area contributed by atoms with E-state index in [0.717, 1.165) is 10.9 Å². The van der Waals surface area contributed by atoms with Gasteiger partial charge >= 0.3 is 0 Å². The maximum Gasteiger partial charge on any atom is 0.276 e. The molecule has 0 fully saturated rings. The van der Waals surface area contributed by atoms with Crippen molar-refractivity contribution >= 4 is 22.5 Å². The van der Waals surface area contributed by atoms with E-state index in [9.17, 15) is 9.18 Å². The van der Waals surface area contributed by atoms with Crippen molar-refractivity contribution in [3.05, 3.63) is 72.3 Å². The average molecular weight is 320 g/mol. The van der Waals surface area contributed by atoms with Crippen LogP contribution in [0.5, 0.6) is 0 Å². The van der Waals surface area contributed by atoms with Crippen LogP contribution in [0.4, 0.5) is 10.1 Å². The third kappa shape index (κ3) is 2.44. The van der Waals surface area contributed by atoms with Crippen LogP contribution in [0.3, 0.4) is 0 Å². The number of carbonyl (C=O) groups is 1. The number of fused-ring (bicyclic) bond motifs is 1. The van der Waals surface area contributed by atoms with Gasteiger partial charge in [0.25, 0.3) is 5.91 Å². The van der Waals surface area contributed by atoms with Gasteiger partial charge in [0.05, 0.1) is 11.4 Å². The number of aromatic amines is 2. The molecule has 118 valence electrons. The number of rotatable bonds is 3. The van der Waals surface area contributed by atoms with Crippen LogP contribution in [0.2, 0.25) is 0 Å². The van der Waals surface area contributed by atoms with Gasteiger partial charge in [-0.3, -0.25) is 9.89 Å². The van der Waals surface area contributed by atoms with Crippen molar-refractivity contribution in [1.29, 1.82) is 0 Å². The predicted molar refractivity (Wildman–Crippen MR) is 90.2 cm³/mol. The highest BCUT2D eigenvalue weighted by Crippen LogP contribution is 2.24. The molecule has 2 aromatic carbocycles. The molecule has 2 aromatic heterocycles. The minimum atomic E-state index is -0.371. The van der Waals surface area contributed by atoms with E-state index in [0.29, 0.717) is 16.9 Å². The molecule has 0 aliphatic carbocycles. The number of benzene rings is 2. The lowest BCUT2D eigenvalue weighted by Gasteiger charge is -2.00. The number of amides is 1. The molecule has 0 aliphatic heterocycles. The summed E-state index contributed by atoms with van der Waals surface area (Å²) in [7, 11) is 0. The van der Waals surface area contributed by atoms with Crippen molar-refractivity contribution in [2.24, 2.45) is 0 Å². The molecule has 0 bridgehead atoms. The number of hydrogen-bond acceptors (Lipinski definition) is 2. The van der Waals surface area contributed by atoms with Gasteiger partial charge in [0.2, 0.25) is 0 Å². The molecule has 2 heterocycles. The van der Waals surface area contributed by atoms with Gasteiger partial charge in [0.1, 0.15) is 5.82 Å². The van der Waals surface area contributed by atoms with Gasteiger partial charge in [0.15, 0.2) is 5.69 Å². The first-order chi connectivity index (χ1) is 11.7. The summed E-state index contributed by atoms with van der Waals surface area (Å²) in [4.78, 5) is 15.5. The van der Waals surface area contributed by atoms with Crippen LogP contribution in [-0.2, 0) is 0 Å². The van der Waals surface area contributed by atoms with Crippen molar-refractivity contribution in [1.82, 2.24) is 15.2 Å². The number of hydrogen-bond donors (Lipinski definition) is 3. The van der Waals surface area contributed by atoms with Gasteiger partial charge in [-0.2, -0.15) is 5.10 Å². The number of aromatic nitrogens is 3. The van der Waals surface area contributed by atoms with E-state index in [-0.39, 0.29) is 17.4 Å². The molecule has 0 radical (unpaired) electrons. The Kier molecular flexibility index (Phi) is 3.35. The van der Waals surface area contributed by atoms with E-state index in [1.54, 1.807) is 24.4 Å². The fourth-order valence-electron chi connectivity index (χ4n) is 2.62. The van der Waals surface area contributed by atoms with Gasteiger partial charge in [-0.05, 0) is 24.3 Å². The summed E-state index contributed by atoms with van der Waals surface area (Å²) in [6, 6.07) is 15.5. The molecule has 24 heavy (non-hydrogen) atoms. The smallest absolute Gasteiger partial charge is 0.276 e. The van der Waals surface area contributed by atoms with Crippen LogP contribution < -0.4 is 5.32 Å². The Bertz CT molecular complexity index is 1030. The van der Waals surface area contributed by atoms with Gasteiger partial charge < -0.3 is 10.3 Å². The van der Waals surface area contributed by atoms with Crippen molar-refractivity contribution in [2.45, 2.75) is 0 Å². The lowest BCUT2D eigenvalue weighted by atomic mass is 10.1. The number of nitrogens with one attached hydrogen (secondary N) is 3. The van der Waals surface area contributed by atoms with Crippen LogP contribution in [0.1, 0.15) is 10.5 Å². The van der Waals surface area contributed by atoms with Crippen molar-refractivity contribution in [2.75, 3.05) is 5.32 Å². The number of H-pyrrole nitrogens is 2. The van der Waals surface area contributed by atoms with E-state index in [1.807, 2.05) is 24.3 Å². The Hall–Kier alpha value is -3.41. The topological polar surface area (TPSA) is 73.6 Å². The highest BCUT2D eigenvalue weighted by molar-refractivity contribution is 6.08. The third-order valence-electron chi connectivity index (χ3n) is 3.81. The molecule has 0 saturated carbocycles. The van der Waals surface area contributed by atoms with Crippen LogP contribution in [0.25, 0.3) is 22.2 Å². The molecular formula is C18H13FN4O. The summed E-state index contributed by atoms with van der Waals surface area (Å²) >= 11 is 0. The summed E-state index contributed by atoms with van der Waals surface area (Å²) in [5, 5.41) is 10.4. The van der Waals surface area contributed by atoms with Crippen LogP contribution in [0.15, 0.2) is 60.8 Å². The fraction of sp³-hybridized carbons (Fsp3) is 0. The molecule has 0 atom stereocenters. The second-order valence-corrected chi connectivity index (χ2v) is 5.35. The first-order valence-electron chi connectivity index (χ1n) is 7.40. The number of carbonyl (C=O) groups excluding carboxylic acids is 1. The quantitative estimate of drug-likeness (QED) is 0.535. The lowest BCUT2D eigenvalue weighted by molar-refractivity contribution is 0.102. The first kappa shape index (κ1) is 14.2. The largest absolute Gasteiger partial charge is 0.359 e. The molecule has 6 heteroatoms. The Morgan fingerprint density at radius 1 is 1.08 bits per heavy atom. The van der Waals surface area contributed by atoms with Crippen molar-refractivity contribution < 1.29 is 9.18 Å². The number of para-hydroxylation sites is 1. The molecule has 0 aliphatic rings. The van der Waals surface area contributed by atoms with E-state index in [2.05, 4.69) is 20.5 Å². The second-order valence-electron chi connectivity index (χ2n) is 5.35. The van der Waals surface area contributed by atoms with Gasteiger partial charge in [0, 0.05) is 22.7 Å². The summed E-state index contributed by atoms with van der Waals surface area (Å²) < 4.78 is 13.8. The minimum absolute atomic E-state index is 0.193. The Morgan fingerprint density at radius 3 is 2.75 bits per heavy atom. The summed E-state index contributed by atoms with van der Waals surface area (Å²) in [6.45, 7) is 0. The standard InChI is InChI=1S/C18H13FN4O/c19-13-7-3-1-5-11(13)15-9-16(23-22-15)18(24)21-17-10-20-14-8-4-2-6-12(14)17/h1-10,20H,(H,21,24)(H,22,23). The molecule has 4 aromatic rings. The Balaban J connectivity index is 1.61. The van der Waals surface area contributed by atoms with Gasteiger partial charge in [-0.15, -0.1) is 0 Å². The second kappa shape index (κ2) is 5.66. The predicted octanol–water partition coefficient (Wildman–Crippen LogP) is 3.95. The third-order valence-corrected chi connectivity index (χ3v) is 3.81.